The minimum Gasteiger partial charge on any atom is -0.507 e. The van der Waals surface area contributed by atoms with Crippen LogP contribution in [0.1, 0.15) is 12.0 Å². The lowest BCUT2D eigenvalue weighted by atomic mass is 10.1. The summed E-state index contributed by atoms with van der Waals surface area (Å²) in [6, 6.07) is 5.62. The van der Waals surface area contributed by atoms with Gasteiger partial charge in [0.1, 0.15) is 5.75 Å². The molecule has 3 nitrogen and oxygen atoms in total. The third-order valence-corrected chi connectivity index (χ3v) is 3.41. The number of aromatic hydroxyl groups is 1. The van der Waals surface area contributed by atoms with Crippen LogP contribution in [0.2, 0.25) is 0 Å². The van der Waals surface area contributed by atoms with Gasteiger partial charge in [-0.2, -0.15) is 0 Å². The molecule has 0 unspecified atom stereocenters. The number of likely N-dealkylation sites (tertiary alicyclic amines) is 1. The molecular weight excluding hydrogens is 200 g/mol. The minimum atomic E-state index is 0.386. The van der Waals surface area contributed by atoms with Crippen LogP contribution in [0.4, 0.5) is 0 Å². The van der Waals surface area contributed by atoms with Gasteiger partial charge >= 0.3 is 0 Å². The Kier molecular flexibility index (Phi) is 2.33. The predicted octanol–water partition coefficient (Wildman–Crippen LogP) is 2.12. The van der Waals surface area contributed by atoms with E-state index in [0.717, 1.165) is 23.9 Å². The number of phenols is 1. The highest BCUT2D eigenvalue weighted by atomic mass is 16.3. The maximum Gasteiger partial charge on any atom is 0.125 e. The van der Waals surface area contributed by atoms with E-state index in [1.165, 1.54) is 25.1 Å². The number of rotatable bonds is 3. The molecule has 1 aromatic carbocycles. The van der Waals surface area contributed by atoms with Crippen molar-refractivity contribution < 1.29 is 5.11 Å². The lowest BCUT2D eigenvalue weighted by molar-refractivity contribution is 0.184. The van der Waals surface area contributed by atoms with E-state index >= 15 is 0 Å². The highest BCUT2D eigenvalue weighted by Gasteiger charge is 2.14. The lowest BCUT2D eigenvalue weighted by Gasteiger charge is -2.30. The maximum atomic E-state index is 9.84. The van der Waals surface area contributed by atoms with Crippen molar-refractivity contribution in [3.63, 3.8) is 0 Å². The van der Waals surface area contributed by atoms with E-state index < -0.39 is 0 Å². The number of fused-ring (bicyclic) bond motifs is 1. The highest BCUT2D eigenvalue weighted by molar-refractivity contribution is 5.88. The van der Waals surface area contributed by atoms with Crippen molar-refractivity contribution in [3.05, 3.63) is 30.0 Å². The first kappa shape index (κ1) is 9.73. The third-order valence-electron chi connectivity index (χ3n) is 3.41. The molecule has 1 saturated heterocycles. The van der Waals surface area contributed by atoms with Crippen LogP contribution >= 0.6 is 0 Å². The van der Waals surface area contributed by atoms with Gasteiger partial charge in [-0.05, 0) is 43.6 Å². The van der Waals surface area contributed by atoms with Crippen molar-refractivity contribution >= 4 is 10.9 Å². The summed E-state index contributed by atoms with van der Waals surface area (Å²) in [6.07, 6.45) is 4.36. The number of nitrogens with zero attached hydrogens (tertiary/aromatic N) is 1. The van der Waals surface area contributed by atoms with Crippen molar-refractivity contribution in [1.82, 2.24) is 9.88 Å². The van der Waals surface area contributed by atoms with Gasteiger partial charge in [0.25, 0.3) is 0 Å². The fraction of sp³-hybridized carbons (Fsp3) is 0.385. The topological polar surface area (TPSA) is 39.3 Å². The molecule has 0 atom stereocenters. The molecule has 0 amide bonds. The van der Waals surface area contributed by atoms with Gasteiger partial charge < -0.3 is 15.0 Å². The van der Waals surface area contributed by atoms with Gasteiger partial charge in [-0.3, -0.25) is 0 Å². The number of aromatic nitrogens is 1. The van der Waals surface area contributed by atoms with E-state index in [2.05, 4.69) is 9.88 Å². The van der Waals surface area contributed by atoms with Gasteiger partial charge in [0.2, 0.25) is 0 Å². The van der Waals surface area contributed by atoms with E-state index in [9.17, 15) is 5.11 Å². The Morgan fingerprint density at radius 2 is 2.19 bits per heavy atom. The number of aromatic amines is 1. The lowest BCUT2D eigenvalue weighted by Crippen LogP contribution is -2.38. The molecule has 1 fully saturated rings. The largest absolute Gasteiger partial charge is 0.507 e. The second-order valence-corrected chi connectivity index (χ2v) is 4.46. The number of benzene rings is 1. The summed E-state index contributed by atoms with van der Waals surface area (Å²) in [5, 5.41) is 10.8. The zero-order valence-electron chi connectivity index (χ0n) is 9.24. The average molecular weight is 216 g/mol. The summed E-state index contributed by atoms with van der Waals surface area (Å²) in [5.41, 5.74) is 2.25. The maximum absolute atomic E-state index is 9.84. The van der Waals surface area contributed by atoms with Crippen LogP contribution in [0.3, 0.4) is 0 Å². The van der Waals surface area contributed by atoms with E-state index in [1.54, 1.807) is 6.07 Å². The van der Waals surface area contributed by atoms with Crippen LogP contribution in [-0.4, -0.2) is 34.6 Å². The van der Waals surface area contributed by atoms with Gasteiger partial charge in [0.05, 0.1) is 0 Å². The average Bonchev–Trinajstić information content (AvgIpc) is 2.61. The Morgan fingerprint density at radius 1 is 1.31 bits per heavy atom. The Hall–Kier alpha value is -1.48. The van der Waals surface area contributed by atoms with E-state index in [4.69, 9.17) is 0 Å². The standard InChI is InChI=1S/C13H16N2O/c16-12-4-1-3-11-13(12)10(9-14-11)5-8-15-6-2-7-15/h1,3-4,9,14,16H,2,5-8H2. The van der Waals surface area contributed by atoms with Crippen LogP contribution in [0.5, 0.6) is 5.75 Å². The van der Waals surface area contributed by atoms with Crippen LogP contribution in [0.15, 0.2) is 24.4 Å². The minimum absolute atomic E-state index is 0.386. The van der Waals surface area contributed by atoms with Gasteiger partial charge in [-0.25, -0.2) is 0 Å². The second-order valence-electron chi connectivity index (χ2n) is 4.46. The number of H-pyrrole nitrogens is 1. The van der Waals surface area contributed by atoms with Crippen molar-refractivity contribution in [3.8, 4) is 5.75 Å². The SMILES string of the molecule is Oc1cccc2[nH]cc(CCN3CCC3)c12. The first-order chi connectivity index (χ1) is 7.84. The van der Waals surface area contributed by atoms with Crippen LogP contribution in [0.25, 0.3) is 10.9 Å². The molecule has 16 heavy (non-hydrogen) atoms. The summed E-state index contributed by atoms with van der Waals surface area (Å²) in [5.74, 6) is 0.386. The molecule has 3 rings (SSSR count). The van der Waals surface area contributed by atoms with Gasteiger partial charge in [-0.15, -0.1) is 0 Å². The van der Waals surface area contributed by atoms with Crippen molar-refractivity contribution in [1.29, 1.82) is 0 Å². The van der Waals surface area contributed by atoms with E-state index in [0.29, 0.717) is 5.75 Å². The Bertz CT molecular complexity index is 500. The summed E-state index contributed by atoms with van der Waals surface area (Å²) in [7, 11) is 0. The molecule has 84 valence electrons. The summed E-state index contributed by atoms with van der Waals surface area (Å²) in [4.78, 5) is 5.65. The fourth-order valence-corrected chi connectivity index (χ4v) is 2.32. The molecule has 0 spiro atoms. The molecule has 0 radical (unpaired) electrons. The summed E-state index contributed by atoms with van der Waals surface area (Å²) >= 11 is 0. The van der Waals surface area contributed by atoms with Gasteiger partial charge in [0.15, 0.2) is 0 Å². The zero-order chi connectivity index (χ0) is 11.0. The van der Waals surface area contributed by atoms with Crippen molar-refractivity contribution in [2.45, 2.75) is 12.8 Å². The van der Waals surface area contributed by atoms with E-state index in [-0.39, 0.29) is 0 Å². The number of phenolic OH excluding ortho intramolecular Hbond substituents is 1. The molecule has 3 heteroatoms. The zero-order valence-corrected chi connectivity index (χ0v) is 9.24. The molecule has 2 N–H and O–H groups in total. The van der Waals surface area contributed by atoms with Crippen LogP contribution < -0.4 is 0 Å². The summed E-state index contributed by atoms with van der Waals surface area (Å²) in [6.45, 7) is 3.56. The fourth-order valence-electron chi connectivity index (χ4n) is 2.32. The number of hydrogen-bond donors (Lipinski definition) is 2. The van der Waals surface area contributed by atoms with E-state index in [1.807, 2.05) is 18.3 Å². The summed E-state index contributed by atoms with van der Waals surface area (Å²) < 4.78 is 0. The van der Waals surface area contributed by atoms with Crippen LogP contribution in [-0.2, 0) is 6.42 Å². The molecule has 2 aromatic rings. The normalized spacial score (nSPS) is 16.5. The molecule has 2 heterocycles. The number of nitrogens with one attached hydrogen (secondary N) is 1. The Morgan fingerprint density at radius 3 is 2.94 bits per heavy atom. The molecular formula is C13H16N2O. The highest BCUT2D eigenvalue weighted by Crippen LogP contribution is 2.28. The van der Waals surface area contributed by atoms with Crippen molar-refractivity contribution in [2.24, 2.45) is 0 Å². The molecule has 1 aliphatic heterocycles. The molecule has 0 bridgehead atoms. The van der Waals surface area contributed by atoms with Gasteiger partial charge in [0, 0.05) is 23.6 Å². The molecule has 1 aliphatic rings. The van der Waals surface area contributed by atoms with Crippen LogP contribution in [0, 0.1) is 0 Å². The molecule has 0 aliphatic carbocycles. The number of hydrogen-bond acceptors (Lipinski definition) is 2. The Labute approximate surface area is 94.7 Å². The molecule has 1 aromatic heterocycles. The van der Waals surface area contributed by atoms with Crippen molar-refractivity contribution in [2.75, 3.05) is 19.6 Å². The first-order valence-electron chi connectivity index (χ1n) is 5.85. The quantitative estimate of drug-likeness (QED) is 0.825. The third kappa shape index (κ3) is 1.57. The molecule has 0 saturated carbocycles. The second kappa shape index (κ2) is 3.83. The predicted molar refractivity (Wildman–Crippen MR) is 64.7 cm³/mol. The Balaban J connectivity index is 1.85. The smallest absolute Gasteiger partial charge is 0.125 e. The van der Waals surface area contributed by atoms with Gasteiger partial charge in [-0.1, -0.05) is 6.07 Å². The monoisotopic (exact) mass is 216 g/mol. The first-order valence-corrected chi connectivity index (χ1v) is 5.85.